The number of benzene rings is 3. The van der Waals surface area contributed by atoms with Gasteiger partial charge in [0.05, 0.1) is 15.5 Å². The van der Waals surface area contributed by atoms with Crippen molar-refractivity contribution in [2.24, 2.45) is 0 Å². The van der Waals surface area contributed by atoms with Gasteiger partial charge in [0.15, 0.2) is 0 Å². The topological polar surface area (TPSA) is 110 Å². The van der Waals surface area contributed by atoms with Gasteiger partial charge in [0.25, 0.3) is 0 Å². The number of para-hydroxylation sites is 1. The summed E-state index contributed by atoms with van der Waals surface area (Å²) < 4.78 is 30.8. The van der Waals surface area contributed by atoms with Crippen molar-refractivity contribution < 1.29 is 28.5 Å². The Bertz CT molecular complexity index is 1120. The van der Waals surface area contributed by atoms with Crippen molar-refractivity contribution in [2.45, 2.75) is 22.3 Å². The van der Waals surface area contributed by atoms with Crippen LogP contribution in [0.5, 0.6) is 17.2 Å². The first-order chi connectivity index (χ1) is 14.4. The van der Waals surface area contributed by atoms with Gasteiger partial charge in [-0.1, -0.05) is 36.0 Å². The van der Waals surface area contributed by atoms with E-state index in [0.29, 0.717) is 22.0 Å². The molecule has 0 aliphatic carbocycles. The van der Waals surface area contributed by atoms with Crippen molar-refractivity contribution in [1.29, 1.82) is 0 Å². The Labute approximate surface area is 179 Å². The minimum Gasteiger partial charge on any atom is -0.755 e. The van der Waals surface area contributed by atoms with Gasteiger partial charge in [-0.3, -0.25) is 8.51 Å². The smallest absolute Gasteiger partial charge is 0.327 e. The number of fused-ring (bicyclic) bond motifs is 2. The van der Waals surface area contributed by atoms with Crippen LogP contribution in [0.25, 0.3) is 0 Å². The lowest BCUT2D eigenvalue weighted by Crippen LogP contribution is -2.44. The maximum absolute atomic E-state index is 12.0. The zero-order chi connectivity index (χ0) is 21.3. The predicted octanol–water partition coefficient (Wildman–Crippen LogP) is 3.95. The van der Waals surface area contributed by atoms with Crippen molar-refractivity contribution >= 4 is 34.7 Å². The molecule has 2 N–H and O–H groups in total. The van der Waals surface area contributed by atoms with Gasteiger partial charge < -0.3 is 19.5 Å². The number of nitrogens with zero attached hydrogens (tertiary/aromatic N) is 1. The predicted molar refractivity (Wildman–Crippen MR) is 112 cm³/mol. The fourth-order valence-electron chi connectivity index (χ4n) is 3.15. The molecule has 4 rings (SSSR count). The number of carboxylic acids is 1. The molecule has 0 amide bonds. The second kappa shape index (κ2) is 8.39. The van der Waals surface area contributed by atoms with Crippen molar-refractivity contribution in [3.8, 4) is 17.2 Å². The summed E-state index contributed by atoms with van der Waals surface area (Å²) in [5.74, 6) is 0.0494. The van der Waals surface area contributed by atoms with Gasteiger partial charge in [-0.15, -0.1) is 0 Å². The quantitative estimate of drug-likeness (QED) is 0.435. The van der Waals surface area contributed by atoms with Crippen LogP contribution in [-0.4, -0.2) is 31.0 Å². The lowest BCUT2D eigenvalue weighted by atomic mass is 10.1. The molecule has 1 aliphatic rings. The summed E-state index contributed by atoms with van der Waals surface area (Å²) >= 11 is -1.40. The molecule has 0 saturated carbocycles. The van der Waals surface area contributed by atoms with E-state index in [1.54, 1.807) is 24.3 Å². The molecule has 154 valence electrons. The highest BCUT2D eigenvalue weighted by atomic mass is 32.2. The van der Waals surface area contributed by atoms with Gasteiger partial charge in [0.1, 0.15) is 23.3 Å². The maximum atomic E-state index is 12.0. The minimum absolute atomic E-state index is 0.0434. The first-order valence-corrected chi connectivity index (χ1v) is 10.8. The van der Waals surface area contributed by atoms with Gasteiger partial charge in [0, 0.05) is 17.7 Å². The summed E-state index contributed by atoms with van der Waals surface area (Å²) in [6, 6.07) is 16.9. The SMILES string of the molecule is O=C(O)C(Cc1ccc(O)cc1)N(c1ccc2c(c1)Sc1ccccc1O2)S(=O)[O-]. The molecular formula is C21H16NO6S2-. The molecule has 3 aromatic carbocycles. The largest absolute Gasteiger partial charge is 0.755 e. The summed E-state index contributed by atoms with van der Waals surface area (Å²) in [5, 5.41) is 19.2. The fraction of sp³-hybridized carbons (Fsp3) is 0.0952. The van der Waals surface area contributed by atoms with E-state index in [0.717, 1.165) is 9.20 Å². The van der Waals surface area contributed by atoms with Crippen LogP contribution < -0.4 is 9.04 Å². The maximum Gasteiger partial charge on any atom is 0.327 e. The molecule has 0 radical (unpaired) electrons. The third kappa shape index (κ3) is 4.13. The minimum atomic E-state index is -2.83. The molecule has 7 nitrogen and oxygen atoms in total. The molecule has 0 spiro atoms. The summed E-state index contributed by atoms with van der Waals surface area (Å²) in [6.45, 7) is 0. The summed E-state index contributed by atoms with van der Waals surface area (Å²) in [7, 11) is 0. The lowest BCUT2D eigenvalue weighted by Gasteiger charge is -2.33. The normalized spacial score (nSPS) is 14.0. The van der Waals surface area contributed by atoms with E-state index < -0.39 is 23.3 Å². The van der Waals surface area contributed by atoms with E-state index in [2.05, 4.69) is 0 Å². The summed E-state index contributed by atoms with van der Waals surface area (Å²) in [5.41, 5.74) is 0.809. The number of rotatable bonds is 6. The molecule has 9 heteroatoms. The number of ether oxygens (including phenoxy) is 1. The van der Waals surface area contributed by atoms with Gasteiger partial charge in [-0.25, -0.2) is 4.79 Å². The Kier molecular flexibility index (Phi) is 5.67. The van der Waals surface area contributed by atoms with E-state index in [1.165, 1.54) is 30.0 Å². The number of phenolic OH excluding ortho intramolecular Hbond substituents is 1. The highest BCUT2D eigenvalue weighted by molar-refractivity contribution is 7.99. The first kappa shape index (κ1) is 20.3. The standard InChI is InChI=1S/C21H17NO6S2/c23-15-8-5-13(6-9-15)11-16(21(24)25)22(30(26)27)14-7-10-18-20(12-14)29-19-4-2-1-3-17(19)28-18/h1-10,12,16,23H,11H2,(H,24,25)(H,26,27)/p-1. The summed E-state index contributed by atoms with van der Waals surface area (Å²) in [6.07, 6.45) is -0.0623. The summed E-state index contributed by atoms with van der Waals surface area (Å²) in [4.78, 5) is 13.5. The monoisotopic (exact) mass is 442 g/mol. The second-order valence-corrected chi connectivity index (χ2v) is 8.46. The molecule has 0 bridgehead atoms. The lowest BCUT2D eigenvalue weighted by molar-refractivity contribution is -0.138. The van der Waals surface area contributed by atoms with Crippen LogP contribution in [0.15, 0.2) is 76.5 Å². The molecule has 0 fully saturated rings. The number of carboxylic acid groups (broad SMARTS) is 1. The molecular weight excluding hydrogens is 426 g/mol. The van der Waals surface area contributed by atoms with Crippen molar-refractivity contribution in [3.63, 3.8) is 0 Å². The van der Waals surface area contributed by atoms with Crippen LogP contribution in [0, 0.1) is 0 Å². The van der Waals surface area contributed by atoms with Crippen LogP contribution in [-0.2, 0) is 22.5 Å². The number of anilines is 1. The average Bonchev–Trinajstić information content (AvgIpc) is 2.72. The average molecular weight is 442 g/mol. The number of aromatic hydroxyl groups is 1. The van der Waals surface area contributed by atoms with Crippen molar-refractivity contribution in [1.82, 2.24) is 0 Å². The van der Waals surface area contributed by atoms with Gasteiger partial charge in [-0.05, 0) is 48.0 Å². The van der Waals surface area contributed by atoms with Crippen LogP contribution in [0.2, 0.25) is 0 Å². The Morgan fingerprint density at radius 1 is 1.07 bits per heavy atom. The molecule has 2 unspecified atom stereocenters. The van der Waals surface area contributed by atoms with Crippen LogP contribution >= 0.6 is 11.8 Å². The Balaban J connectivity index is 1.67. The van der Waals surface area contributed by atoms with Gasteiger partial charge in [-0.2, -0.15) is 0 Å². The molecule has 0 aromatic heterocycles. The highest BCUT2D eigenvalue weighted by Crippen LogP contribution is 2.48. The van der Waals surface area contributed by atoms with Crippen LogP contribution in [0.3, 0.4) is 0 Å². The Morgan fingerprint density at radius 3 is 2.47 bits per heavy atom. The number of carbonyl (C=O) groups is 1. The first-order valence-electron chi connectivity index (χ1n) is 8.90. The highest BCUT2D eigenvalue weighted by Gasteiger charge is 2.29. The molecule has 1 aliphatic heterocycles. The van der Waals surface area contributed by atoms with E-state index in [-0.39, 0.29) is 17.9 Å². The van der Waals surface area contributed by atoms with E-state index >= 15 is 0 Å². The number of phenols is 1. The Hall–Kier alpha value is -3.01. The third-order valence-electron chi connectivity index (χ3n) is 4.56. The van der Waals surface area contributed by atoms with E-state index in [9.17, 15) is 23.8 Å². The molecule has 30 heavy (non-hydrogen) atoms. The van der Waals surface area contributed by atoms with Crippen LogP contribution in [0.4, 0.5) is 5.69 Å². The number of hydrogen-bond donors (Lipinski definition) is 2. The fourth-order valence-corrected chi connectivity index (χ4v) is 4.79. The second-order valence-electron chi connectivity index (χ2n) is 6.55. The number of aliphatic carboxylic acids is 1. The molecule has 1 heterocycles. The third-order valence-corrected chi connectivity index (χ3v) is 6.45. The van der Waals surface area contributed by atoms with Gasteiger partial charge in [0.2, 0.25) is 0 Å². The molecule has 3 aromatic rings. The van der Waals surface area contributed by atoms with E-state index in [1.807, 2.05) is 24.3 Å². The zero-order valence-corrected chi connectivity index (χ0v) is 17.1. The molecule has 0 saturated heterocycles. The number of hydrogen-bond acceptors (Lipinski definition) is 6. The Morgan fingerprint density at radius 2 is 1.77 bits per heavy atom. The zero-order valence-electron chi connectivity index (χ0n) is 15.4. The van der Waals surface area contributed by atoms with E-state index in [4.69, 9.17) is 4.74 Å². The van der Waals surface area contributed by atoms with Gasteiger partial charge >= 0.3 is 5.97 Å². The van der Waals surface area contributed by atoms with Crippen molar-refractivity contribution in [2.75, 3.05) is 4.31 Å². The molecule has 2 atom stereocenters. The van der Waals surface area contributed by atoms with Crippen LogP contribution in [0.1, 0.15) is 5.56 Å². The van der Waals surface area contributed by atoms with Crippen molar-refractivity contribution in [3.05, 3.63) is 72.3 Å².